The van der Waals surface area contributed by atoms with Crippen LogP contribution in [-0.4, -0.2) is 26.0 Å². The van der Waals surface area contributed by atoms with Crippen LogP contribution in [0, 0.1) is 16.7 Å². The number of hydrogen-bond acceptors (Lipinski definition) is 3. The van der Waals surface area contributed by atoms with Gasteiger partial charge in [0.2, 0.25) is 5.91 Å². The van der Waals surface area contributed by atoms with E-state index < -0.39 is 0 Å². The third kappa shape index (κ3) is 6.44. The van der Waals surface area contributed by atoms with Gasteiger partial charge in [-0.25, -0.2) is 0 Å². The van der Waals surface area contributed by atoms with E-state index in [1.165, 1.54) is 0 Å². The van der Waals surface area contributed by atoms with E-state index in [9.17, 15) is 4.79 Å². The van der Waals surface area contributed by atoms with Gasteiger partial charge in [0, 0.05) is 20.0 Å². The topological polar surface area (TPSA) is 64.9 Å². The smallest absolute Gasteiger partial charge is 0.233 e. The summed E-state index contributed by atoms with van der Waals surface area (Å²) in [6, 6.07) is 2.13. The molecular formula is C10H19N3O. The van der Waals surface area contributed by atoms with Crippen LogP contribution in [0.1, 0.15) is 26.7 Å². The van der Waals surface area contributed by atoms with Crippen molar-refractivity contribution in [2.24, 2.45) is 5.41 Å². The number of nitrogens with zero attached hydrogens (tertiary/aromatic N) is 1. The van der Waals surface area contributed by atoms with Crippen LogP contribution in [0.2, 0.25) is 0 Å². The van der Waals surface area contributed by atoms with Crippen LogP contribution in [0.25, 0.3) is 0 Å². The summed E-state index contributed by atoms with van der Waals surface area (Å²) in [4.78, 5) is 10.9. The average Bonchev–Trinajstić information content (AvgIpc) is 2.14. The normalized spacial score (nSPS) is 10.7. The van der Waals surface area contributed by atoms with E-state index in [4.69, 9.17) is 5.26 Å². The Morgan fingerprint density at radius 1 is 1.50 bits per heavy atom. The Morgan fingerprint density at radius 3 is 2.64 bits per heavy atom. The zero-order valence-electron chi connectivity index (χ0n) is 9.18. The molecule has 0 fully saturated rings. The van der Waals surface area contributed by atoms with Gasteiger partial charge in [-0.15, -0.1) is 0 Å². The summed E-state index contributed by atoms with van der Waals surface area (Å²) in [5.74, 6) is -0.0129. The lowest BCUT2D eigenvalue weighted by atomic mass is 9.88. The summed E-state index contributed by atoms with van der Waals surface area (Å²) in [5, 5.41) is 14.1. The number of nitrogens with one attached hydrogen (secondary N) is 2. The third-order valence-corrected chi connectivity index (χ3v) is 2.08. The van der Waals surface area contributed by atoms with Crippen molar-refractivity contribution in [3.8, 4) is 6.07 Å². The number of nitriles is 1. The van der Waals surface area contributed by atoms with Crippen molar-refractivity contribution in [1.29, 1.82) is 5.26 Å². The average molecular weight is 197 g/mol. The second kappa shape index (κ2) is 6.39. The molecule has 0 unspecified atom stereocenters. The minimum Gasteiger partial charge on any atom is -0.358 e. The first-order chi connectivity index (χ1) is 6.52. The molecule has 0 aromatic carbocycles. The standard InChI is InChI=1S/C10H19N3O/c1-10(2,5-4-6-11)8-13-7-9(14)12-3/h13H,4-5,7-8H2,1-3H3,(H,12,14). The molecule has 2 N–H and O–H groups in total. The van der Waals surface area contributed by atoms with Crippen LogP contribution in [0.4, 0.5) is 0 Å². The minimum absolute atomic E-state index is 0.0129. The lowest BCUT2D eigenvalue weighted by Crippen LogP contribution is -2.36. The molecule has 14 heavy (non-hydrogen) atoms. The SMILES string of the molecule is CNC(=O)CNCC(C)(C)CCC#N. The highest BCUT2D eigenvalue weighted by molar-refractivity contribution is 5.77. The molecule has 0 rings (SSSR count). The first-order valence-corrected chi connectivity index (χ1v) is 4.80. The summed E-state index contributed by atoms with van der Waals surface area (Å²) in [6.45, 7) is 5.26. The summed E-state index contributed by atoms with van der Waals surface area (Å²) in [5.41, 5.74) is 0.0732. The molecule has 0 atom stereocenters. The minimum atomic E-state index is -0.0129. The van der Waals surface area contributed by atoms with Gasteiger partial charge < -0.3 is 10.6 Å². The summed E-state index contributed by atoms with van der Waals surface area (Å²) in [6.07, 6.45) is 1.42. The highest BCUT2D eigenvalue weighted by Crippen LogP contribution is 2.20. The summed E-state index contributed by atoms with van der Waals surface area (Å²) < 4.78 is 0. The molecule has 0 aliphatic heterocycles. The van der Waals surface area contributed by atoms with E-state index in [2.05, 4.69) is 30.6 Å². The molecule has 0 saturated heterocycles. The van der Waals surface area contributed by atoms with Gasteiger partial charge in [-0.05, 0) is 11.8 Å². The molecule has 0 aromatic heterocycles. The van der Waals surface area contributed by atoms with Gasteiger partial charge in [0.15, 0.2) is 0 Å². The number of amides is 1. The lowest BCUT2D eigenvalue weighted by Gasteiger charge is -2.23. The molecule has 0 spiro atoms. The molecule has 0 heterocycles. The number of likely N-dealkylation sites (N-methyl/N-ethyl adjacent to an activating group) is 1. The van der Waals surface area contributed by atoms with E-state index in [1.54, 1.807) is 7.05 Å². The second-order valence-corrected chi connectivity index (χ2v) is 4.10. The number of hydrogen-bond donors (Lipinski definition) is 2. The zero-order valence-corrected chi connectivity index (χ0v) is 9.18. The van der Waals surface area contributed by atoms with Crippen molar-refractivity contribution < 1.29 is 4.79 Å². The highest BCUT2D eigenvalue weighted by atomic mass is 16.1. The van der Waals surface area contributed by atoms with Crippen molar-refractivity contribution >= 4 is 5.91 Å². The summed E-state index contributed by atoms with van der Waals surface area (Å²) >= 11 is 0. The molecule has 80 valence electrons. The summed E-state index contributed by atoms with van der Waals surface area (Å²) in [7, 11) is 1.62. The van der Waals surface area contributed by atoms with Crippen molar-refractivity contribution in [3.05, 3.63) is 0 Å². The fraction of sp³-hybridized carbons (Fsp3) is 0.800. The predicted octanol–water partition coefficient (Wildman–Crippen LogP) is 0.652. The largest absolute Gasteiger partial charge is 0.358 e. The number of carbonyl (C=O) groups excluding carboxylic acids is 1. The van der Waals surface area contributed by atoms with E-state index in [0.717, 1.165) is 13.0 Å². The van der Waals surface area contributed by atoms with E-state index >= 15 is 0 Å². The number of carbonyl (C=O) groups is 1. The molecule has 0 aliphatic carbocycles. The maximum atomic E-state index is 10.9. The second-order valence-electron chi connectivity index (χ2n) is 4.10. The van der Waals surface area contributed by atoms with Gasteiger partial charge in [0.1, 0.15) is 0 Å². The quantitative estimate of drug-likeness (QED) is 0.657. The fourth-order valence-corrected chi connectivity index (χ4v) is 1.09. The van der Waals surface area contributed by atoms with Gasteiger partial charge in [0.25, 0.3) is 0 Å². The maximum absolute atomic E-state index is 10.9. The van der Waals surface area contributed by atoms with E-state index in [0.29, 0.717) is 13.0 Å². The Morgan fingerprint density at radius 2 is 2.14 bits per heavy atom. The highest BCUT2D eigenvalue weighted by Gasteiger charge is 2.16. The van der Waals surface area contributed by atoms with Crippen LogP contribution in [-0.2, 0) is 4.79 Å². The molecule has 0 saturated carbocycles. The molecule has 0 aliphatic rings. The third-order valence-electron chi connectivity index (χ3n) is 2.08. The van der Waals surface area contributed by atoms with E-state index in [1.807, 2.05) is 0 Å². The van der Waals surface area contributed by atoms with Crippen molar-refractivity contribution in [3.63, 3.8) is 0 Å². The predicted molar refractivity (Wildman–Crippen MR) is 55.6 cm³/mol. The Balaban J connectivity index is 3.65. The van der Waals surface area contributed by atoms with Crippen LogP contribution in [0.3, 0.4) is 0 Å². The Kier molecular flexibility index (Phi) is 5.89. The van der Waals surface area contributed by atoms with Gasteiger partial charge >= 0.3 is 0 Å². The molecule has 0 aromatic rings. The Hall–Kier alpha value is -1.08. The van der Waals surface area contributed by atoms with Crippen LogP contribution < -0.4 is 10.6 Å². The lowest BCUT2D eigenvalue weighted by molar-refractivity contribution is -0.119. The van der Waals surface area contributed by atoms with Crippen molar-refractivity contribution in [2.75, 3.05) is 20.1 Å². The van der Waals surface area contributed by atoms with Crippen molar-refractivity contribution in [2.45, 2.75) is 26.7 Å². The molecule has 0 bridgehead atoms. The Bertz CT molecular complexity index is 218. The zero-order chi connectivity index (χ0) is 11.0. The fourth-order valence-electron chi connectivity index (χ4n) is 1.09. The monoisotopic (exact) mass is 197 g/mol. The van der Waals surface area contributed by atoms with Gasteiger partial charge in [-0.2, -0.15) is 5.26 Å². The molecule has 1 amide bonds. The van der Waals surface area contributed by atoms with E-state index in [-0.39, 0.29) is 11.3 Å². The van der Waals surface area contributed by atoms with Crippen LogP contribution in [0.5, 0.6) is 0 Å². The van der Waals surface area contributed by atoms with Gasteiger partial charge in [-0.3, -0.25) is 4.79 Å². The first-order valence-electron chi connectivity index (χ1n) is 4.80. The molecule has 0 radical (unpaired) electrons. The molecule has 4 nitrogen and oxygen atoms in total. The molecular weight excluding hydrogens is 178 g/mol. The van der Waals surface area contributed by atoms with Crippen molar-refractivity contribution in [1.82, 2.24) is 10.6 Å². The maximum Gasteiger partial charge on any atom is 0.233 e. The van der Waals surface area contributed by atoms with Crippen LogP contribution >= 0.6 is 0 Å². The Labute approximate surface area is 85.7 Å². The molecule has 4 heteroatoms. The van der Waals surface area contributed by atoms with Gasteiger partial charge in [0.05, 0.1) is 12.6 Å². The first kappa shape index (κ1) is 12.9. The number of rotatable bonds is 6. The van der Waals surface area contributed by atoms with Crippen LogP contribution in [0.15, 0.2) is 0 Å². The van der Waals surface area contributed by atoms with Gasteiger partial charge in [-0.1, -0.05) is 13.8 Å².